The van der Waals surface area contributed by atoms with Crippen LogP contribution in [0.3, 0.4) is 0 Å². The maximum absolute atomic E-state index is 13.7. The van der Waals surface area contributed by atoms with E-state index < -0.39 is 60.8 Å². The predicted octanol–water partition coefficient (Wildman–Crippen LogP) is 8.83. The summed E-state index contributed by atoms with van der Waals surface area (Å²) in [6.07, 6.45) is -18.4. The maximum atomic E-state index is 13.7. The monoisotopic (exact) mass is 677 g/mol. The number of benzene rings is 4. The quantitative estimate of drug-likeness (QED) is 0.139. The number of aliphatic hydroxyl groups excluding tert-OH is 1. The summed E-state index contributed by atoms with van der Waals surface area (Å²) in [6.45, 7) is -0.712. The summed E-state index contributed by atoms with van der Waals surface area (Å²) in [7, 11) is 0. The second kappa shape index (κ2) is 14.5. The van der Waals surface area contributed by atoms with Gasteiger partial charge < -0.3 is 19.3 Å². The molecule has 15 heteroatoms. The average molecular weight is 678 g/mol. The smallest absolute Gasteiger partial charge is 0.489 e. The molecule has 4 aromatic rings. The third-order valence-electron chi connectivity index (χ3n) is 6.64. The van der Waals surface area contributed by atoms with Crippen molar-refractivity contribution in [2.24, 2.45) is 0 Å². The molecule has 2 atom stereocenters. The van der Waals surface area contributed by atoms with Crippen molar-refractivity contribution >= 4 is 0 Å². The van der Waals surface area contributed by atoms with Crippen molar-refractivity contribution in [3.8, 4) is 17.2 Å². The number of ether oxygens (including phenoxy) is 3. The molecule has 4 aromatic carbocycles. The molecule has 0 saturated carbocycles. The molecule has 2 N–H and O–H groups in total. The van der Waals surface area contributed by atoms with Crippen LogP contribution in [-0.2, 0) is 12.8 Å². The van der Waals surface area contributed by atoms with Gasteiger partial charge in [0.15, 0.2) is 0 Å². The molecule has 0 spiro atoms. The van der Waals surface area contributed by atoms with E-state index in [1.54, 1.807) is 18.2 Å². The maximum Gasteiger partial charge on any atom is 0.573 e. The Morgan fingerprint density at radius 1 is 0.638 bits per heavy atom. The highest BCUT2D eigenvalue weighted by Crippen LogP contribution is 2.34. The molecule has 4 rings (SSSR count). The first-order valence-corrected chi connectivity index (χ1v) is 13.6. The van der Waals surface area contributed by atoms with Gasteiger partial charge in [-0.15, -0.1) is 13.2 Å². The SMILES string of the molecule is OCC(NC(c1cccc(OCc2ccc(OC(F)(F)F)cc2)c1)c1cccc(OC(F)(F)C(F)F)c1)c1ccc(C(F)(F)F)cc1. The third kappa shape index (κ3) is 9.99. The highest BCUT2D eigenvalue weighted by atomic mass is 19.4. The van der Waals surface area contributed by atoms with Crippen molar-refractivity contribution in [1.29, 1.82) is 0 Å². The number of hydrogen-bond donors (Lipinski definition) is 2. The van der Waals surface area contributed by atoms with Crippen molar-refractivity contribution < 1.29 is 63.2 Å². The summed E-state index contributed by atoms with van der Waals surface area (Å²) in [4.78, 5) is 0. The van der Waals surface area contributed by atoms with E-state index in [9.17, 15) is 49.0 Å². The highest BCUT2D eigenvalue weighted by molar-refractivity contribution is 5.41. The molecule has 0 radical (unpaired) electrons. The van der Waals surface area contributed by atoms with Crippen LogP contribution >= 0.6 is 0 Å². The number of halogens is 10. The zero-order chi connectivity index (χ0) is 34.4. The van der Waals surface area contributed by atoms with Gasteiger partial charge in [-0.25, -0.2) is 0 Å². The first-order valence-electron chi connectivity index (χ1n) is 13.6. The van der Waals surface area contributed by atoms with Crippen LogP contribution in [0, 0.1) is 0 Å². The van der Waals surface area contributed by atoms with E-state index in [0.29, 0.717) is 11.1 Å². The molecule has 0 fully saturated rings. The van der Waals surface area contributed by atoms with E-state index in [0.717, 1.165) is 48.5 Å². The van der Waals surface area contributed by atoms with Gasteiger partial charge in [-0.1, -0.05) is 48.5 Å². The van der Waals surface area contributed by atoms with E-state index in [1.807, 2.05) is 0 Å². The van der Waals surface area contributed by atoms with Gasteiger partial charge in [0, 0.05) is 0 Å². The fourth-order valence-corrected chi connectivity index (χ4v) is 4.44. The lowest BCUT2D eigenvalue weighted by atomic mass is 9.95. The summed E-state index contributed by atoms with van der Waals surface area (Å²) < 4.78 is 144. The molecule has 252 valence electrons. The second-order valence-corrected chi connectivity index (χ2v) is 10.0. The normalized spacial score (nSPS) is 13.7. The largest absolute Gasteiger partial charge is 0.573 e. The molecule has 47 heavy (non-hydrogen) atoms. The van der Waals surface area contributed by atoms with Gasteiger partial charge >= 0.3 is 25.1 Å². The molecule has 0 aromatic heterocycles. The number of alkyl halides is 10. The van der Waals surface area contributed by atoms with Crippen LogP contribution < -0.4 is 19.5 Å². The molecule has 2 unspecified atom stereocenters. The van der Waals surface area contributed by atoms with Crippen LogP contribution in [0.15, 0.2) is 97.1 Å². The van der Waals surface area contributed by atoms with Crippen molar-refractivity contribution in [1.82, 2.24) is 5.32 Å². The fourth-order valence-electron chi connectivity index (χ4n) is 4.44. The summed E-state index contributed by atoms with van der Waals surface area (Å²) in [5, 5.41) is 13.2. The standard InChI is InChI=1S/C32H25F10NO4/c33-29(34)31(38,39)46-26-6-2-4-22(16-26)28(43-27(17-44)20-9-11-23(12-10-20)30(35,36)37)21-3-1-5-25(15-21)45-18-19-7-13-24(14-8-19)47-32(40,41)42/h1-16,27-29,43-44H,17-18H2. The van der Waals surface area contributed by atoms with E-state index in [1.165, 1.54) is 30.3 Å². The van der Waals surface area contributed by atoms with Gasteiger partial charge in [-0.05, 0) is 70.8 Å². The summed E-state index contributed by atoms with van der Waals surface area (Å²) in [5.41, 5.74) is 0.376. The molecule has 0 aliphatic carbocycles. The van der Waals surface area contributed by atoms with Crippen LogP contribution in [0.1, 0.15) is 39.9 Å². The van der Waals surface area contributed by atoms with Crippen molar-refractivity contribution in [2.75, 3.05) is 6.61 Å². The average Bonchev–Trinajstić information content (AvgIpc) is 3.00. The lowest BCUT2D eigenvalue weighted by Crippen LogP contribution is -2.33. The summed E-state index contributed by atoms with van der Waals surface area (Å²) >= 11 is 0. The topological polar surface area (TPSA) is 60.0 Å². The van der Waals surface area contributed by atoms with E-state index in [4.69, 9.17) is 4.74 Å². The van der Waals surface area contributed by atoms with Gasteiger partial charge in [0.25, 0.3) is 0 Å². The molecule has 0 bridgehead atoms. The summed E-state index contributed by atoms with van der Waals surface area (Å²) in [5.74, 6) is -0.794. The minimum atomic E-state index is -4.86. The summed E-state index contributed by atoms with van der Waals surface area (Å²) in [6, 6.07) is 17.9. The Hall–Kier alpha value is -4.50. The molecule has 5 nitrogen and oxygen atoms in total. The Morgan fingerprint density at radius 2 is 1.21 bits per heavy atom. The Labute approximate surface area is 261 Å². The zero-order valence-electron chi connectivity index (χ0n) is 23.8. The van der Waals surface area contributed by atoms with Crippen LogP contribution in [-0.4, -0.2) is 30.6 Å². The van der Waals surface area contributed by atoms with Gasteiger partial charge in [0.05, 0.1) is 24.3 Å². The van der Waals surface area contributed by atoms with Crippen LogP contribution in [0.5, 0.6) is 17.2 Å². The Morgan fingerprint density at radius 3 is 1.74 bits per heavy atom. The second-order valence-electron chi connectivity index (χ2n) is 10.0. The Kier molecular flexibility index (Phi) is 10.9. The molecule has 0 saturated heterocycles. The molecule has 0 heterocycles. The molecule has 0 amide bonds. The van der Waals surface area contributed by atoms with Crippen molar-refractivity contribution in [3.05, 3.63) is 125 Å². The van der Waals surface area contributed by atoms with Crippen LogP contribution in [0.2, 0.25) is 0 Å². The third-order valence-corrected chi connectivity index (χ3v) is 6.64. The Bertz CT molecular complexity index is 1590. The molecule has 0 aliphatic heterocycles. The number of nitrogens with one attached hydrogen (secondary N) is 1. The van der Waals surface area contributed by atoms with E-state index in [-0.39, 0.29) is 23.5 Å². The van der Waals surface area contributed by atoms with Crippen molar-refractivity contribution in [2.45, 2.75) is 43.8 Å². The van der Waals surface area contributed by atoms with E-state index >= 15 is 0 Å². The van der Waals surface area contributed by atoms with Crippen LogP contribution in [0.4, 0.5) is 43.9 Å². The van der Waals surface area contributed by atoms with Gasteiger partial charge in [-0.3, -0.25) is 5.32 Å². The lowest BCUT2D eigenvalue weighted by Gasteiger charge is -2.27. The van der Waals surface area contributed by atoms with Crippen LogP contribution in [0.25, 0.3) is 0 Å². The predicted molar refractivity (Wildman–Crippen MR) is 148 cm³/mol. The van der Waals surface area contributed by atoms with Gasteiger partial charge in [-0.2, -0.15) is 30.7 Å². The van der Waals surface area contributed by atoms with Gasteiger partial charge in [0.2, 0.25) is 0 Å². The minimum absolute atomic E-state index is 0.0926. The minimum Gasteiger partial charge on any atom is -0.489 e. The first kappa shape index (κ1) is 35.4. The highest BCUT2D eigenvalue weighted by Gasteiger charge is 2.44. The Balaban J connectivity index is 1.63. The number of aliphatic hydroxyl groups is 1. The number of rotatable bonds is 13. The first-order chi connectivity index (χ1) is 22.0. The van der Waals surface area contributed by atoms with Crippen molar-refractivity contribution in [3.63, 3.8) is 0 Å². The number of hydrogen-bond acceptors (Lipinski definition) is 5. The van der Waals surface area contributed by atoms with Gasteiger partial charge in [0.1, 0.15) is 23.9 Å². The molecule has 0 aliphatic rings. The van der Waals surface area contributed by atoms with E-state index in [2.05, 4.69) is 14.8 Å². The molecular weight excluding hydrogens is 652 g/mol. The lowest BCUT2D eigenvalue weighted by molar-refractivity contribution is -0.274. The zero-order valence-corrected chi connectivity index (χ0v) is 23.8. The molecular formula is C32H25F10NO4. The fraction of sp³-hybridized carbons (Fsp3) is 0.250.